The van der Waals surface area contributed by atoms with Gasteiger partial charge in [0.25, 0.3) is 10.2 Å². The van der Waals surface area contributed by atoms with E-state index < -0.39 is 10.2 Å². The second-order valence-electron chi connectivity index (χ2n) is 5.98. The molecule has 2 N–H and O–H groups in total. The summed E-state index contributed by atoms with van der Waals surface area (Å²) in [6.45, 7) is 7.00. The molecule has 0 amide bonds. The van der Waals surface area contributed by atoms with Crippen LogP contribution in [0.4, 0.5) is 0 Å². The van der Waals surface area contributed by atoms with Crippen LogP contribution in [-0.2, 0) is 10.2 Å². The lowest BCUT2D eigenvalue weighted by Gasteiger charge is -2.41. The fraction of sp³-hybridized carbons (Fsp3) is 0.923. The van der Waals surface area contributed by atoms with Crippen LogP contribution >= 0.6 is 12.2 Å². The largest absolute Gasteiger partial charge is 0.392 e. The summed E-state index contributed by atoms with van der Waals surface area (Å²) in [6.07, 6.45) is 3.03. The lowest BCUT2D eigenvalue weighted by molar-refractivity contribution is 0.161. The molecule has 0 radical (unpaired) electrons. The van der Waals surface area contributed by atoms with E-state index in [9.17, 15) is 8.42 Å². The van der Waals surface area contributed by atoms with Crippen LogP contribution in [0.2, 0.25) is 0 Å². The Hall–Kier alpha value is -0.280. The first-order valence-electron chi connectivity index (χ1n) is 7.64. The van der Waals surface area contributed by atoms with Crippen molar-refractivity contribution in [2.75, 3.05) is 32.7 Å². The average Bonchev–Trinajstić information content (AvgIpc) is 2.46. The molecule has 8 heteroatoms. The van der Waals surface area contributed by atoms with Gasteiger partial charge < -0.3 is 5.73 Å². The number of piperidine rings is 1. The van der Waals surface area contributed by atoms with E-state index in [-0.39, 0.29) is 12.1 Å². The second-order valence-corrected chi connectivity index (χ2v) is 8.33. The van der Waals surface area contributed by atoms with E-state index >= 15 is 0 Å². The van der Waals surface area contributed by atoms with Crippen molar-refractivity contribution in [1.82, 2.24) is 13.5 Å². The van der Waals surface area contributed by atoms with E-state index in [1.807, 2.05) is 13.8 Å². The van der Waals surface area contributed by atoms with Gasteiger partial charge in [-0.3, -0.25) is 4.90 Å². The highest BCUT2D eigenvalue weighted by atomic mass is 32.2. The highest BCUT2D eigenvalue weighted by molar-refractivity contribution is 7.86. The quantitative estimate of drug-likeness (QED) is 0.754. The van der Waals surface area contributed by atoms with Crippen molar-refractivity contribution in [3.63, 3.8) is 0 Å². The Morgan fingerprint density at radius 3 is 2.33 bits per heavy atom. The molecule has 21 heavy (non-hydrogen) atoms. The molecular formula is C13H26N4O2S2. The van der Waals surface area contributed by atoms with Crippen molar-refractivity contribution in [2.45, 2.75) is 45.2 Å². The molecule has 0 aromatic carbocycles. The van der Waals surface area contributed by atoms with Gasteiger partial charge >= 0.3 is 0 Å². The van der Waals surface area contributed by atoms with E-state index in [1.54, 1.807) is 8.61 Å². The Morgan fingerprint density at radius 1 is 1.19 bits per heavy atom. The Balaban J connectivity index is 1.99. The van der Waals surface area contributed by atoms with E-state index in [0.717, 1.165) is 19.3 Å². The maximum atomic E-state index is 12.7. The monoisotopic (exact) mass is 334 g/mol. The Bertz CT molecular complexity index is 475. The number of nitrogens with zero attached hydrogens (tertiary/aromatic N) is 3. The van der Waals surface area contributed by atoms with Crippen molar-refractivity contribution in [3.05, 3.63) is 0 Å². The summed E-state index contributed by atoms with van der Waals surface area (Å²) in [4.78, 5) is 2.62. The second kappa shape index (κ2) is 6.87. The smallest absolute Gasteiger partial charge is 0.282 e. The van der Waals surface area contributed by atoms with Crippen LogP contribution in [0.25, 0.3) is 0 Å². The summed E-state index contributed by atoms with van der Waals surface area (Å²) in [6, 6.07) is 0.135. The molecule has 2 rings (SSSR count). The third-order valence-electron chi connectivity index (χ3n) is 4.60. The summed E-state index contributed by atoms with van der Waals surface area (Å²) in [5, 5.41) is 0. The first-order chi connectivity index (χ1) is 9.84. The van der Waals surface area contributed by atoms with Crippen molar-refractivity contribution in [2.24, 2.45) is 5.73 Å². The maximum absolute atomic E-state index is 12.7. The number of hydrogen-bond acceptors (Lipinski definition) is 4. The van der Waals surface area contributed by atoms with Crippen LogP contribution in [-0.4, -0.2) is 71.7 Å². The van der Waals surface area contributed by atoms with Gasteiger partial charge in [-0.1, -0.05) is 18.6 Å². The molecule has 2 aliphatic rings. The van der Waals surface area contributed by atoms with Gasteiger partial charge in [-0.05, 0) is 26.7 Å². The molecule has 0 aromatic rings. The van der Waals surface area contributed by atoms with Crippen molar-refractivity contribution >= 4 is 27.4 Å². The van der Waals surface area contributed by atoms with Gasteiger partial charge in [0.2, 0.25) is 0 Å². The van der Waals surface area contributed by atoms with Crippen LogP contribution in [0.15, 0.2) is 0 Å². The van der Waals surface area contributed by atoms with Gasteiger partial charge in [0.15, 0.2) is 0 Å². The molecular weight excluding hydrogens is 308 g/mol. The minimum absolute atomic E-state index is 0.0266. The van der Waals surface area contributed by atoms with Crippen LogP contribution in [0.5, 0.6) is 0 Å². The molecule has 2 unspecified atom stereocenters. The van der Waals surface area contributed by atoms with Crippen molar-refractivity contribution in [1.29, 1.82) is 0 Å². The maximum Gasteiger partial charge on any atom is 0.282 e. The Labute approximate surface area is 133 Å². The van der Waals surface area contributed by atoms with Gasteiger partial charge in [0.1, 0.15) is 0 Å². The summed E-state index contributed by atoms with van der Waals surface area (Å²) >= 11 is 5.02. The lowest BCUT2D eigenvalue weighted by Crippen LogP contribution is -2.57. The highest BCUT2D eigenvalue weighted by Crippen LogP contribution is 2.23. The molecule has 2 fully saturated rings. The van der Waals surface area contributed by atoms with Gasteiger partial charge in [0, 0.05) is 38.8 Å². The molecule has 0 aromatic heterocycles. The summed E-state index contributed by atoms with van der Waals surface area (Å²) in [5.74, 6) is 0. The zero-order valence-corrected chi connectivity index (χ0v) is 14.5. The Kier molecular flexibility index (Phi) is 5.59. The minimum atomic E-state index is -3.33. The van der Waals surface area contributed by atoms with E-state index in [2.05, 4.69) is 4.90 Å². The summed E-state index contributed by atoms with van der Waals surface area (Å²) < 4.78 is 28.8. The topological polar surface area (TPSA) is 69.9 Å². The van der Waals surface area contributed by atoms with Crippen LogP contribution in [0, 0.1) is 0 Å². The normalized spacial score (nSPS) is 28.4. The fourth-order valence-electron chi connectivity index (χ4n) is 3.06. The van der Waals surface area contributed by atoms with E-state index in [1.165, 1.54) is 0 Å². The van der Waals surface area contributed by atoms with Crippen LogP contribution in [0.3, 0.4) is 0 Å². The van der Waals surface area contributed by atoms with Crippen molar-refractivity contribution in [3.8, 4) is 0 Å². The summed E-state index contributed by atoms with van der Waals surface area (Å²) in [5.41, 5.74) is 5.67. The average molecular weight is 335 g/mol. The van der Waals surface area contributed by atoms with Gasteiger partial charge in [-0.25, -0.2) is 0 Å². The molecule has 2 saturated heterocycles. The molecule has 0 bridgehead atoms. The summed E-state index contributed by atoms with van der Waals surface area (Å²) in [7, 11) is -3.33. The minimum Gasteiger partial charge on any atom is -0.392 e. The van der Waals surface area contributed by atoms with Gasteiger partial charge in [-0.15, -0.1) is 0 Å². The number of piperazine rings is 1. The van der Waals surface area contributed by atoms with Crippen molar-refractivity contribution < 1.29 is 8.42 Å². The highest BCUT2D eigenvalue weighted by Gasteiger charge is 2.36. The number of thiocarbonyl (C=S) groups is 1. The third-order valence-corrected chi connectivity index (χ3v) is 7.09. The Morgan fingerprint density at radius 2 is 1.81 bits per heavy atom. The molecule has 122 valence electrons. The molecule has 2 heterocycles. The predicted octanol–water partition coefficient (Wildman–Crippen LogP) is 0.398. The molecule has 2 atom stereocenters. The molecule has 0 spiro atoms. The zero-order chi connectivity index (χ0) is 15.6. The van der Waals surface area contributed by atoms with Gasteiger partial charge in [0.05, 0.1) is 11.0 Å². The first kappa shape index (κ1) is 17.1. The fourth-order valence-corrected chi connectivity index (χ4v) is 5.05. The molecule has 2 aliphatic heterocycles. The van der Waals surface area contributed by atoms with E-state index in [0.29, 0.717) is 37.7 Å². The molecule has 6 nitrogen and oxygen atoms in total. The predicted molar refractivity (Wildman–Crippen MR) is 88.3 cm³/mol. The van der Waals surface area contributed by atoms with Gasteiger partial charge in [-0.2, -0.15) is 17.0 Å². The van der Waals surface area contributed by atoms with Crippen LogP contribution < -0.4 is 5.73 Å². The molecule has 0 aliphatic carbocycles. The zero-order valence-electron chi connectivity index (χ0n) is 12.9. The third kappa shape index (κ3) is 3.73. The number of nitrogens with two attached hydrogens (primary N) is 1. The first-order valence-corrected chi connectivity index (χ1v) is 9.45. The SMILES string of the molecule is CC(C(N)=S)N1CCN(S(=O)(=O)N2CCCCC2C)CC1. The standard InChI is InChI=1S/C13H26N4O2S2/c1-11-5-3-4-6-17(11)21(18,19)16-9-7-15(8-10-16)12(2)13(14)20/h11-12H,3-10H2,1-2H3,(H2,14,20). The molecule has 0 saturated carbocycles. The number of rotatable bonds is 4. The lowest BCUT2D eigenvalue weighted by atomic mass is 10.1. The van der Waals surface area contributed by atoms with Crippen LogP contribution in [0.1, 0.15) is 33.1 Å². The van der Waals surface area contributed by atoms with E-state index in [4.69, 9.17) is 18.0 Å². The number of hydrogen-bond donors (Lipinski definition) is 1.